The summed E-state index contributed by atoms with van der Waals surface area (Å²) in [7, 11) is 0. The SMILES string of the molecule is CC1(C)COCCN1c1nccnc1C#N. The molecule has 0 amide bonds. The van der Waals surface area contributed by atoms with Crippen LogP contribution in [0.25, 0.3) is 0 Å². The molecule has 1 fully saturated rings. The highest BCUT2D eigenvalue weighted by molar-refractivity contribution is 5.51. The van der Waals surface area contributed by atoms with Crippen LogP contribution in [0.2, 0.25) is 0 Å². The molecule has 1 aliphatic heterocycles. The Hall–Kier alpha value is -1.67. The Morgan fingerprint density at radius 1 is 1.44 bits per heavy atom. The van der Waals surface area contributed by atoms with E-state index in [1.807, 2.05) is 0 Å². The molecular weight excluding hydrogens is 204 g/mol. The molecule has 0 spiro atoms. The Labute approximate surface area is 94.7 Å². The number of rotatable bonds is 1. The topological polar surface area (TPSA) is 62.0 Å². The zero-order chi connectivity index (χ0) is 11.6. The Morgan fingerprint density at radius 3 is 2.88 bits per heavy atom. The highest BCUT2D eigenvalue weighted by atomic mass is 16.5. The number of morpholine rings is 1. The molecule has 1 aliphatic rings. The van der Waals surface area contributed by atoms with E-state index in [0.717, 1.165) is 6.54 Å². The molecule has 0 radical (unpaired) electrons. The van der Waals surface area contributed by atoms with Crippen molar-refractivity contribution in [1.82, 2.24) is 9.97 Å². The molecule has 2 heterocycles. The second-order valence-electron chi connectivity index (χ2n) is 4.36. The van der Waals surface area contributed by atoms with Crippen LogP contribution in [0.5, 0.6) is 0 Å². The number of nitrogens with zero attached hydrogens (tertiary/aromatic N) is 4. The van der Waals surface area contributed by atoms with Gasteiger partial charge in [0.2, 0.25) is 0 Å². The Morgan fingerprint density at radius 2 is 2.19 bits per heavy atom. The van der Waals surface area contributed by atoms with Crippen LogP contribution in [0.15, 0.2) is 12.4 Å². The lowest BCUT2D eigenvalue weighted by Crippen LogP contribution is -2.53. The number of ether oxygens (including phenoxy) is 1. The van der Waals surface area contributed by atoms with E-state index in [-0.39, 0.29) is 5.54 Å². The quantitative estimate of drug-likeness (QED) is 0.702. The van der Waals surface area contributed by atoms with Crippen molar-refractivity contribution in [2.24, 2.45) is 0 Å². The Kier molecular flexibility index (Phi) is 2.75. The fraction of sp³-hybridized carbons (Fsp3) is 0.545. The van der Waals surface area contributed by atoms with Crippen LogP contribution in [0.4, 0.5) is 5.82 Å². The number of hydrogen-bond acceptors (Lipinski definition) is 5. The minimum absolute atomic E-state index is 0.153. The standard InChI is InChI=1S/C11H14N4O/c1-11(2)8-16-6-5-15(11)10-9(7-12)13-3-4-14-10/h3-4H,5-6,8H2,1-2H3. The predicted molar refractivity (Wildman–Crippen MR) is 59.0 cm³/mol. The molecule has 16 heavy (non-hydrogen) atoms. The third kappa shape index (κ3) is 1.84. The maximum absolute atomic E-state index is 9.01. The molecule has 0 N–H and O–H groups in total. The third-order valence-electron chi connectivity index (χ3n) is 2.69. The molecule has 2 rings (SSSR count). The largest absolute Gasteiger partial charge is 0.377 e. The lowest BCUT2D eigenvalue weighted by molar-refractivity contribution is 0.0638. The summed E-state index contributed by atoms with van der Waals surface area (Å²) in [5, 5.41) is 9.01. The van der Waals surface area contributed by atoms with Crippen LogP contribution >= 0.6 is 0 Å². The summed E-state index contributed by atoms with van der Waals surface area (Å²) >= 11 is 0. The molecular formula is C11H14N4O. The van der Waals surface area contributed by atoms with Gasteiger partial charge in [-0.2, -0.15) is 5.26 Å². The smallest absolute Gasteiger partial charge is 0.183 e. The second kappa shape index (κ2) is 4.06. The van der Waals surface area contributed by atoms with Gasteiger partial charge in [-0.05, 0) is 13.8 Å². The van der Waals surface area contributed by atoms with E-state index in [4.69, 9.17) is 10.00 Å². The number of aromatic nitrogens is 2. The number of nitriles is 1. The van der Waals surface area contributed by atoms with Crippen molar-refractivity contribution in [2.75, 3.05) is 24.7 Å². The molecule has 0 saturated carbocycles. The number of anilines is 1. The average Bonchev–Trinajstić information content (AvgIpc) is 2.28. The first-order chi connectivity index (χ1) is 7.65. The fourth-order valence-electron chi connectivity index (χ4n) is 1.86. The van der Waals surface area contributed by atoms with E-state index < -0.39 is 0 Å². The molecule has 5 heteroatoms. The van der Waals surface area contributed by atoms with Crippen molar-refractivity contribution in [3.05, 3.63) is 18.1 Å². The van der Waals surface area contributed by atoms with E-state index in [0.29, 0.717) is 24.7 Å². The van der Waals surface area contributed by atoms with Gasteiger partial charge in [-0.25, -0.2) is 9.97 Å². The van der Waals surface area contributed by atoms with E-state index in [1.54, 1.807) is 6.20 Å². The zero-order valence-corrected chi connectivity index (χ0v) is 9.47. The van der Waals surface area contributed by atoms with Crippen LogP contribution in [-0.4, -0.2) is 35.3 Å². The zero-order valence-electron chi connectivity index (χ0n) is 9.47. The lowest BCUT2D eigenvalue weighted by Gasteiger charge is -2.42. The minimum atomic E-state index is -0.153. The summed E-state index contributed by atoms with van der Waals surface area (Å²) in [6.07, 6.45) is 3.15. The van der Waals surface area contributed by atoms with E-state index >= 15 is 0 Å². The van der Waals surface area contributed by atoms with Gasteiger partial charge in [-0.3, -0.25) is 0 Å². The molecule has 0 aromatic carbocycles. The van der Waals surface area contributed by atoms with Crippen molar-refractivity contribution in [2.45, 2.75) is 19.4 Å². The van der Waals surface area contributed by atoms with Crippen molar-refractivity contribution < 1.29 is 4.74 Å². The van der Waals surface area contributed by atoms with Crippen molar-refractivity contribution in [3.8, 4) is 6.07 Å². The van der Waals surface area contributed by atoms with Gasteiger partial charge in [-0.15, -0.1) is 0 Å². The molecule has 1 aromatic heterocycles. The molecule has 0 unspecified atom stereocenters. The van der Waals surface area contributed by atoms with Gasteiger partial charge in [0.25, 0.3) is 0 Å². The average molecular weight is 218 g/mol. The molecule has 84 valence electrons. The van der Waals surface area contributed by atoms with E-state index in [2.05, 4.69) is 34.8 Å². The fourth-order valence-corrected chi connectivity index (χ4v) is 1.86. The first-order valence-corrected chi connectivity index (χ1v) is 5.21. The van der Waals surface area contributed by atoms with Gasteiger partial charge < -0.3 is 9.64 Å². The lowest BCUT2D eigenvalue weighted by atomic mass is 10.0. The first-order valence-electron chi connectivity index (χ1n) is 5.21. The van der Waals surface area contributed by atoms with Crippen LogP contribution in [0.1, 0.15) is 19.5 Å². The molecule has 5 nitrogen and oxygen atoms in total. The maximum atomic E-state index is 9.01. The summed E-state index contributed by atoms with van der Waals surface area (Å²) in [6, 6.07) is 2.07. The van der Waals surface area contributed by atoms with E-state index in [1.165, 1.54) is 6.20 Å². The third-order valence-corrected chi connectivity index (χ3v) is 2.69. The Bertz CT molecular complexity index is 424. The summed E-state index contributed by atoms with van der Waals surface area (Å²) in [5.74, 6) is 0.651. The highest BCUT2D eigenvalue weighted by Gasteiger charge is 2.33. The summed E-state index contributed by atoms with van der Waals surface area (Å²) in [5.41, 5.74) is 0.220. The van der Waals surface area contributed by atoms with Crippen LogP contribution in [0, 0.1) is 11.3 Å². The van der Waals surface area contributed by atoms with Gasteiger partial charge in [0, 0.05) is 18.9 Å². The van der Waals surface area contributed by atoms with Gasteiger partial charge in [0.1, 0.15) is 6.07 Å². The first kappa shape index (κ1) is 10.8. The minimum Gasteiger partial charge on any atom is -0.377 e. The Balaban J connectivity index is 2.39. The van der Waals surface area contributed by atoms with Gasteiger partial charge >= 0.3 is 0 Å². The maximum Gasteiger partial charge on any atom is 0.183 e. The summed E-state index contributed by atoms with van der Waals surface area (Å²) in [6.45, 7) is 6.17. The van der Waals surface area contributed by atoms with Crippen molar-refractivity contribution in [1.29, 1.82) is 5.26 Å². The second-order valence-corrected chi connectivity index (χ2v) is 4.36. The molecule has 0 atom stereocenters. The van der Waals surface area contributed by atoms with Gasteiger partial charge in [0.15, 0.2) is 11.5 Å². The summed E-state index contributed by atoms with van der Waals surface area (Å²) in [4.78, 5) is 10.4. The van der Waals surface area contributed by atoms with Crippen molar-refractivity contribution >= 4 is 5.82 Å². The monoisotopic (exact) mass is 218 g/mol. The molecule has 0 aliphatic carbocycles. The van der Waals surface area contributed by atoms with Gasteiger partial charge in [0.05, 0.1) is 18.8 Å². The summed E-state index contributed by atoms with van der Waals surface area (Å²) < 4.78 is 5.44. The van der Waals surface area contributed by atoms with Crippen LogP contribution < -0.4 is 4.90 Å². The highest BCUT2D eigenvalue weighted by Crippen LogP contribution is 2.26. The number of hydrogen-bond donors (Lipinski definition) is 0. The van der Waals surface area contributed by atoms with Gasteiger partial charge in [-0.1, -0.05) is 0 Å². The predicted octanol–water partition coefficient (Wildman–Crippen LogP) is 0.963. The van der Waals surface area contributed by atoms with Crippen LogP contribution in [0.3, 0.4) is 0 Å². The normalized spacial score (nSPS) is 19.2. The molecule has 1 saturated heterocycles. The van der Waals surface area contributed by atoms with Crippen molar-refractivity contribution in [3.63, 3.8) is 0 Å². The van der Waals surface area contributed by atoms with Crippen LogP contribution in [-0.2, 0) is 4.74 Å². The molecule has 0 bridgehead atoms. The van der Waals surface area contributed by atoms with E-state index in [9.17, 15) is 0 Å². The molecule has 1 aromatic rings.